The Morgan fingerprint density at radius 3 is 2.81 bits per heavy atom. The third-order valence-corrected chi connectivity index (χ3v) is 4.18. The Morgan fingerprint density at radius 2 is 2.00 bits per heavy atom. The van der Waals surface area contributed by atoms with Crippen LogP contribution in [-0.4, -0.2) is 23.2 Å². The van der Waals surface area contributed by atoms with Crippen LogP contribution >= 0.6 is 11.8 Å². The number of nitrogen functional groups attached to an aromatic ring is 1. The number of nitrogens with zero attached hydrogens (tertiary/aromatic N) is 2. The van der Waals surface area contributed by atoms with Gasteiger partial charge in [0.25, 0.3) is 0 Å². The number of fused-ring (bicyclic) bond motifs is 1. The second kappa shape index (κ2) is 4.22. The number of thioether (sulfide) groups is 1. The Kier molecular flexibility index (Phi) is 2.73. The summed E-state index contributed by atoms with van der Waals surface area (Å²) in [6.45, 7) is 1.64. The molecule has 3 rings (SSSR count). The number of rotatable bonds is 1. The van der Waals surface area contributed by atoms with Crippen molar-refractivity contribution >= 4 is 17.6 Å². The Bertz CT molecular complexity index is 404. The standard InChI is InChI=1S/C11H15N3OS/c12-10-8-5-16-6-9(8)13-11(14-10)7-1-3-15-4-2-7/h7H,1-6H2,(H2,12,13,14). The number of anilines is 1. The van der Waals surface area contributed by atoms with Crippen molar-refractivity contribution in [2.45, 2.75) is 30.3 Å². The molecule has 2 aliphatic rings. The molecule has 0 aromatic carbocycles. The lowest BCUT2D eigenvalue weighted by atomic mass is 9.99. The minimum Gasteiger partial charge on any atom is -0.383 e. The molecule has 1 aromatic rings. The first kappa shape index (κ1) is 10.4. The van der Waals surface area contributed by atoms with Gasteiger partial charge in [0.2, 0.25) is 0 Å². The smallest absolute Gasteiger partial charge is 0.134 e. The van der Waals surface area contributed by atoms with Crippen LogP contribution in [0.2, 0.25) is 0 Å². The second-order valence-corrected chi connectivity index (χ2v) is 5.26. The van der Waals surface area contributed by atoms with E-state index in [0.717, 1.165) is 54.6 Å². The zero-order valence-electron chi connectivity index (χ0n) is 9.11. The molecule has 0 radical (unpaired) electrons. The molecule has 0 amide bonds. The minimum atomic E-state index is 0.437. The third-order valence-electron chi connectivity index (χ3n) is 3.21. The van der Waals surface area contributed by atoms with E-state index in [-0.39, 0.29) is 0 Å². The van der Waals surface area contributed by atoms with E-state index in [1.807, 2.05) is 11.8 Å². The van der Waals surface area contributed by atoms with Gasteiger partial charge >= 0.3 is 0 Å². The van der Waals surface area contributed by atoms with E-state index >= 15 is 0 Å². The summed E-state index contributed by atoms with van der Waals surface area (Å²) in [6, 6.07) is 0. The number of aromatic nitrogens is 2. The number of hydrogen-bond donors (Lipinski definition) is 1. The molecule has 0 bridgehead atoms. The van der Waals surface area contributed by atoms with Crippen molar-refractivity contribution in [2.24, 2.45) is 0 Å². The molecule has 3 heterocycles. The van der Waals surface area contributed by atoms with E-state index in [1.165, 1.54) is 0 Å². The Balaban J connectivity index is 1.92. The zero-order chi connectivity index (χ0) is 11.0. The fraction of sp³-hybridized carbons (Fsp3) is 0.636. The maximum Gasteiger partial charge on any atom is 0.134 e. The lowest BCUT2D eigenvalue weighted by molar-refractivity contribution is 0.0835. The molecule has 2 aliphatic heterocycles. The summed E-state index contributed by atoms with van der Waals surface area (Å²) >= 11 is 1.87. The van der Waals surface area contributed by atoms with Crippen molar-refractivity contribution in [1.29, 1.82) is 0 Å². The van der Waals surface area contributed by atoms with E-state index in [4.69, 9.17) is 10.5 Å². The molecule has 4 nitrogen and oxygen atoms in total. The quantitative estimate of drug-likeness (QED) is 0.805. The Morgan fingerprint density at radius 1 is 1.19 bits per heavy atom. The van der Waals surface area contributed by atoms with E-state index < -0.39 is 0 Å². The first-order chi connectivity index (χ1) is 7.84. The third kappa shape index (κ3) is 1.78. The lowest BCUT2D eigenvalue weighted by Crippen LogP contribution is -2.18. The summed E-state index contributed by atoms with van der Waals surface area (Å²) in [5.74, 6) is 4.01. The second-order valence-electron chi connectivity index (χ2n) is 4.27. The fourth-order valence-corrected chi connectivity index (χ4v) is 3.29. The lowest BCUT2D eigenvalue weighted by Gasteiger charge is -2.21. The van der Waals surface area contributed by atoms with Gasteiger partial charge in [-0.05, 0) is 12.8 Å². The highest BCUT2D eigenvalue weighted by Crippen LogP contribution is 2.33. The largest absolute Gasteiger partial charge is 0.383 e. The van der Waals surface area contributed by atoms with E-state index in [1.54, 1.807) is 0 Å². The van der Waals surface area contributed by atoms with Gasteiger partial charge in [-0.1, -0.05) is 0 Å². The Hall–Kier alpha value is -0.810. The van der Waals surface area contributed by atoms with Gasteiger partial charge in [0.15, 0.2) is 0 Å². The summed E-state index contributed by atoms with van der Waals surface area (Å²) < 4.78 is 5.35. The van der Waals surface area contributed by atoms with Crippen LogP contribution in [0.15, 0.2) is 0 Å². The molecule has 1 saturated heterocycles. The van der Waals surface area contributed by atoms with Gasteiger partial charge in [0, 0.05) is 36.2 Å². The SMILES string of the molecule is Nc1nc(C2CCOCC2)nc2c1CSC2. The predicted octanol–water partition coefficient (Wildman–Crippen LogP) is 1.70. The number of hydrogen-bond acceptors (Lipinski definition) is 5. The molecule has 1 fully saturated rings. The Labute approximate surface area is 99.0 Å². The average molecular weight is 237 g/mol. The van der Waals surface area contributed by atoms with Crippen LogP contribution < -0.4 is 5.73 Å². The number of nitrogens with two attached hydrogens (primary N) is 1. The van der Waals surface area contributed by atoms with Gasteiger partial charge < -0.3 is 10.5 Å². The zero-order valence-corrected chi connectivity index (χ0v) is 9.92. The van der Waals surface area contributed by atoms with E-state index in [0.29, 0.717) is 11.7 Å². The van der Waals surface area contributed by atoms with Crippen molar-refractivity contribution in [3.05, 3.63) is 17.1 Å². The van der Waals surface area contributed by atoms with Crippen molar-refractivity contribution in [3.8, 4) is 0 Å². The van der Waals surface area contributed by atoms with Crippen LogP contribution in [0.4, 0.5) is 5.82 Å². The maximum absolute atomic E-state index is 5.98. The number of ether oxygens (including phenoxy) is 1. The predicted molar refractivity (Wildman–Crippen MR) is 64.2 cm³/mol. The molecule has 0 saturated carbocycles. The van der Waals surface area contributed by atoms with Gasteiger partial charge in [-0.15, -0.1) is 0 Å². The molecule has 0 aliphatic carbocycles. The minimum absolute atomic E-state index is 0.437. The van der Waals surface area contributed by atoms with Crippen LogP contribution in [0.25, 0.3) is 0 Å². The molecule has 16 heavy (non-hydrogen) atoms. The summed E-state index contributed by atoms with van der Waals surface area (Å²) in [4.78, 5) is 9.14. The van der Waals surface area contributed by atoms with Gasteiger partial charge in [-0.25, -0.2) is 9.97 Å². The van der Waals surface area contributed by atoms with Crippen LogP contribution in [0.1, 0.15) is 35.8 Å². The van der Waals surface area contributed by atoms with Crippen molar-refractivity contribution in [2.75, 3.05) is 18.9 Å². The van der Waals surface area contributed by atoms with Crippen LogP contribution in [0.3, 0.4) is 0 Å². The van der Waals surface area contributed by atoms with Gasteiger partial charge in [0.1, 0.15) is 11.6 Å². The highest BCUT2D eigenvalue weighted by atomic mass is 32.2. The molecule has 0 unspecified atom stereocenters. The summed E-state index contributed by atoms with van der Waals surface area (Å²) in [5, 5.41) is 0. The summed E-state index contributed by atoms with van der Waals surface area (Å²) in [5.41, 5.74) is 8.29. The maximum atomic E-state index is 5.98. The molecule has 86 valence electrons. The molecular formula is C11H15N3OS. The van der Waals surface area contributed by atoms with Gasteiger partial charge in [-0.3, -0.25) is 0 Å². The highest BCUT2D eigenvalue weighted by molar-refractivity contribution is 7.98. The molecule has 0 spiro atoms. The fourth-order valence-electron chi connectivity index (χ4n) is 2.23. The van der Waals surface area contributed by atoms with Crippen LogP contribution in [0, 0.1) is 0 Å². The average Bonchev–Trinajstić information content (AvgIpc) is 2.79. The topological polar surface area (TPSA) is 61.0 Å². The first-order valence-corrected chi connectivity index (χ1v) is 6.80. The van der Waals surface area contributed by atoms with Crippen molar-refractivity contribution in [3.63, 3.8) is 0 Å². The van der Waals surface area contributed by atoms with Crippen LogP contribution in [-0.2, 0) is 16.2 Å². The first-order valence-electron chi connectivity index (χ1n) is 5.65. The molecule has 5 heteroatoms. The van der Waals surface area contributed by atoms with Crippen molar-refractivity contribution in [1.82, 2.24) is 9.97 Å². The molecule has 0 atom stereocenters. The van der Waals surface area contributed by atoms with Gasteiger partial charge in [-0.2, -0.15) is 11.8 Å². The van der Waals surface area contributed by atoms with Gasteiger partial charge in [0.05, 0.1) is 5.69 Å². The normalized spacial score (nSPS) is 21.0. The van der Waals surface area contributed by atoms with Crippen LogP contribution in [0.5, 0.6) is 0 Å². The summed E-state index contributed by atoms with van der Waals surface area (Å²) in [7, 11) is 0. The molecule has 1 aromatic heterocycles. The summed E-state index contributed by atoms with van der Waals surface area (Å²) in [6.07, 6.45) is 2.04. The molecule has 2 N–H and O–H groups in total. The van der Waals surface area contributed by atoms with E-state index in [2.05, 4.69) is 9.97 Å². The monoisotopic (exact) mass is 237 g/mol. The highest BCUT2D eigenvalue weighted by Gasteiger charge is 2.23. The van der Waals surface area contributed by atoms with Crippen molar-refractivity contribution < 1.29 is 4.74 Å². The molecular weight excluding hydrogens is 222 g/mol. The van der Waals surface area contributed by atoms with E-state index in [9.17, 15) is 0 Å².